The van der Waals surface area contributed by atoms with Crippen LogP contribution in [0, 0.1) is 12.8 Å². The summed E-state index contributed by atoms with van der Waals surface area (Å²) in [6, 6.07) is -0.251. The topological polar surface area (TPSA) is 53.5 Å². The lowest BCUT2D eigenvalue weighted by atomic mass is 10.1. The monoisotopic (exact) mass is 391 g/mol. The van der Waals surface area contributed by atoms with Crippen LogP contribution in [-0.2, 0) is 9.59 Å². The number of alkyl halides is 3. The minimum atomic E-state index is -4.46. The van der Waals surface area contributed by atoms with Crippen LogP contribution in [0.25, 0.3) is 0 Å². The molecule has 2 rings (SSSR count). The zero-order chi connectivity index (χ0) is 19.8. The third kappa shape index (κ3) is 4.55. The van der Waals surface area contributed by atoms with Crippen LogP contribution in [0.15, 0.2) is 0 Å². The number of carbonyl (C=O) groups excluding carboxylic acids is 2. The fourth-order valence-corrected chi connectivity index (χ4v) is 4.19. The smallest absolute Gasteiger partial charge is 0.338 e. The number of carbonyl (C=O) groups is 2. The van der Waals surface area contributed by atoms with Crippen LogP contribution in [0.1, 0.15) is 54.7 Å². The fraction of sp³-hybridized carbons (Fsp3) is 0.706. The van der Waals surface area contributed by atoms with E-state index in [1.54, 1.807) is 18.4 Å². The highest BCUT2D eigenvalue weighted by Gasteiger charge is 2.42. The van der Waals surface area contributed by atoms with Crippen LogP contribution in [0.3, 0.4) is 0 Å². The van der Waals surface area contributed by atoms with Gasteiger partial charge < -0.3 is 9.80 Å². The minimum absolute atomic E-state index is 0.176. The van der Waals surface area contributed by atoms with Crippen molar-refractivity contribution in [2.45, 2.75) is 52.3 Å². The van der Waals surface area contributed by atoms with Crippen molar-refractivity contribution in [3.63, 3.8) is 0 Å². The SMILES string of the molecule is Cc1nc(C(C)C)sc1[C@@H](C)N(C)C(=O)[C@H]1CC(=O)N(CC(F)(F)F)C1. The number of aromatic nitrogens is 1. The summed E-state index contributed by atoms with van der Waals surface area (Å²) in [5.74, 6) is -1.40. The number of thiazole rings is 1. The molecule has 1 aliphatic rings. The Morgan fingerprint density at radius 2 is 2.00 bits per heavy atom. The number of amides is 2. The van der Waals surface area contributed by atoms with E-state index in [0.29, 0.717) is 0 Å². The highest BCUT2D eigenvalue weighted by Crippen LogP contribution is 2.33. The molecule has 1 fully saturated rings. The first-order valence-electron chi connectivity index (χ1n) is 8.49. The van der Waals surface area contributed by atoms with Crippen LogP contribution >= 0.6 is 11.3 Å². The number of hydrogen-bond donors (Lipinski definition) is 0. The van der Waals surface area contributed by atoms with Crippen molar-refractivity contribution in [1.82, 2.24) is 14.8 Å². The standard InChI is InChI=1S/C17H24F3N3O2S/c1-9(2)15-21-10(3)14(26-15)11(4)22(5)16(25)12-6-13(24)23(7-12)8-17(18,19)20/h9,11-12H,6-8H2,1-5H3/t11-,12+/m1/s1. The molecule has 0 radical (unpaired) electrons. The molecule has 2 heterocycles. The summed E-state index contributed by atoms with van der Waals surface area (Å²) in [6.45, 7) is 6.35. The molecule has 1 aliphatic heterocycles. The predicted molar refractivity (Wildman–Crippen MR) is 92.9 cm³/mol. The maximum atomic E-state index is 12.7. The number of hydrogen-bond acceptors (Lipinski definition) is 4. The first kappa shape index (κ1) is 20.7. The maximum Gasteiger partial charge on any atom is 0.406 e. The van der Waals surface area contributed by atoms with Gasteiger partial charge in [-0.15, -0.1) is 11.3 Å². The summed E-state index contributed by atoms with van der Waals surface area (Å²) in [5.41, 5.74) is 0.854. The van der Waals surface area contributed by atoms with Gasteiger partial charge in [-0.2, -0.15) is 13.2 Å². The lowest BCUT2D eigenvalue weighted by molar-refractivity contribution is -0.157. The highest BCUT2D eigenvalue weighted by atomic mass is 32.1. The first-order chi connectivity index (χ1) is 11.9. The lowest BCUT2D eigenvalue weighted by Gasteiger charge is -2.27. The number of aryl methyl sites for hydroxylation is 1. The van der Waals surface area contributed by atoms with Gasteiger partial charge in [0.15, 0.2) is 0 Å². The van der Waals surface area contributed by atoms with E-state index in [1.807, 2.05) is 27.7 Å². The molecular weight excluding hydrogens is 367 g/mol. The molecule has 0 aromatic carbocycles. The van der Waals surface area contributed by atoms with Crippen molar-refractivity contribution in [2.24, 2.45) is 5.92 Å². The molecule has 146 valence electrons. The van der Waals surface area contributed by atoms with Gasteiger partial charge in [0.1, 0.15) is 6.54 Å². The second kappa shape index (κ2) is 7.54. The van der Waals surface area contributed by atoms with Gasteiger partial charge in [-0.3, -0.25) is 9.59 Å². The number of nitrogens with zero attached hydrogens (tertiary/aromatic N) is 3. The molecule has 2 atom stereocenters. The molecule has 9 heteroatoms. The predicted octanol–water partition coefficient (Wildman–Crippen LogP) is 3.51. The Balaban J connectivity index is 2.08. The molecule has 0 bridgehead atoms. The van der Waals surface area contributed by atoms with Crippen molar-refractivity contribution >= 4 is 23.2 Å². The minimum Gasteiger partial charge on any atom is -0.338 e. The van der Waals surface area contributed by atoms with Crippen LogP contribution < -0.4 is 0 Å². The van der Waals surface area contributed by atoms with Gasteiger partial charge in [-0.05, 0) is 13.8 Å². The molecule has 1 aromatic heterocycles. The number of likely N-dealkylation sites (tertiary alicyclic amines) is 1. The highest BCUT2D eigenvalue weighted by molar-refractivity contribution is 7.11. The van der Waals surface area contributed by atoms with Crippen LogP contribution in [0.5, 0.6) is 0 Å². The molecule has 0 spiro atoms. The normalized spacial score (nSPS) is 19.3. The molecule has 0 unspecified atom stereocenters. The summed E-state index contributed by atoms with van der Waals surface area (Å²) in [4.78, 5) is 32.2. The molecule has 1 saturated heterocycles. The number of halogens is 3. The second-order valence-corrected chi connectivity index (χ2v) is 8.13. The Kier molecular flexibility index (Phi) is 5.99. The van der Waals surface area contributed by atoms with Gasteiger partial charge in [-0.25, -0.2) is 4.98 Å². The molecule has 0 saturated carbocycles. The average molecular weight is 391 g/mol. The summed E-state index contributed by atoms with van der Waals surface area (Å²) < 4.78 is 37.6. The molecule has 0 aliphatic carbocycles. The fourth-order valence-electron chi connectivity index (χ4n) is 3.03. The van der Waals surface area contributed by atoms with Crippen LogP contribution in [-0.4, -0.2) is 52.9 Å². The van der Waals surface area contributed by atoms with Gasteiger partial charge in [0.25, 0.3) is 0 Å². The summed E-state index contributed by atoms with van der Waals surface area (Å²) in [7, 11) is 1.62. The van der Waals surface area contributed by atoms with E-state index >= 15 is 0 Å². The van der Waals surface area contributed by atoms with Crippen molar-refractivity contribution < 1.29 is 22.8 Å². The molecule has 5 nitrogen and oxygen atoms in total. The zero-order valence-corrected chi connectivity index (χ0v) is 16.4. The van der Waals surface area contributed by atoms with Crippen LogP contribution in [0.2, 0.25) is 0 Å². The van der Waals surface area contributed by atoms with Gasteiger partial charge in [0.2, 0.25) is 11.8 Å². The number of rotatable bonds is 5. The quantitative estimate of drug-likeness (QED) is 0.772. The maximum absolute atomic E-state index is 12.7. The third-order valence-electron chi connectivity index (χ3n) is 4.58. The third-order valence-corrected chi connectivity index (χ3v) is 6.21. The van der Waals surface area contributed by atoms with Crippen molar-refractivity contribution in [3.05, 3.63) is 15.6 Å². The summed E-state index contributed by atoms with van der Waals surface area (Å²) in [5, 5.41) is 0.984. The molecule has 26 heavy (non-hydrogen) atoms. The summed E-state index contributed by atoms with van der Waals surface area (Å²) >= 11 is 1.54. The Hall–Kier alpha value is -1.64. The molecule has 1 aromatic rings. The van der Waals surface area contributed by atoms with E-state index in [1.165, 1.54) is 4.90 Å². The van der Waals surface area contributed by atoms with E-state index in [4.69, 9.17) is 0 Å². The van der Waals surface area contributed by atoms with Gasteiger partial charge in [0.05, 0.1) is 22.7 Å². The zero-order valence-electron chi connectivity index (χ0n) is 15.6. The molecule has 2 amide bonds. The van der Waals surface area contributed by atoms with Gasteiger partial charge >= 0.3 is 6.18 Å². The van der Waals surface area contributed by atoms with E-state index < -0.39 is 24.5 Å². The summed E-state index contributed by atoms with van der Waals surface area (Å²) in [6.07, 6.45) is -4.63. The lowest BCUT2D eigenvalue weighted by Crippen LogP contribution is -2.38. The Morgan fingerprint density at radius 1 is 1.38 bits per heavy atom. The largest absolute Gasteiger partial charge is 0.406 e. The van der Waals surface area contributed by atoms with Crippen molar-refractivity contribution in [3.8, 4) is 0 Å². The van der Waals surface area contributed by atoms with E-state index in [-0.39, 0.29) is 30.8 Å². The van der Waals surface area contributed by atoms with E-state index in [9.17, 15) is 22.8 Å². The second-order valence-electron chi connectivity index (χ2n) is 7.07. The molecular formula is C17H24F3N3O2S. The van der Waals surface area contributed by atoms with E-state index in [2.05, 4.69) is 4.98 Å². The van der Waals surface area contributed by atoms with Crippen molar-refractivity contribution in [2.75, 3.05) is 20.1 Å². The Labute approximate surface area is 155 Å². The van der Waals surface area contributed by atoms with Gasteiger partial charge in [0, 0.05) is 30.8 Å². The first-order valence-corrected chi connectivity index (χ1v) is 9.30. The van der Waals surface area contributed by atoms with Crippen molar-refractivity contribution in [1.29, 1.82) is 0 Å². The van der Waals surface area contributed by atoms with E-state index in [0.717, 1.165) is 20.5 Å². The molecule has 0 N–H and O–H groups in total. The Bertz CT molecular complexity index is 687. The average Bonchev–Trinajstić information content (AvgIpc) is 3.07. The Morgan fingerprint density at radius 3 is 2.50 bits per heavy atom. The van der Waals surface area contributed by atoms with Crippen LogP contribution in [0.4, 0.5) is 13.2 Å². The van der Waals surface area contributed by atoms with Gasteiger partial charge in [-0.1, -0.05) is 13.8 Å².